The largest absolute Gasteiger partial charge is 0.351 e. The first-order chi connectivity index (χ1) is 8.93. The molecular weight excluding hydrogens is 250 g/mol. The van der Waals surface area contributed by atoms with Gasteiger partial charge >= 0.3 is 0 Å². The molecule has 104 valence electrons. The van der Waals surface area contributed by atoms with Crippen molar-refractivity contribution in [2.45, 2.75) is 38.8 Å². The van der Waals surface area contributed by atoms with Gasteiger partial charge in [0.1, 0.15) is 11.6 Å². The first-order valence-electron chi connectivity index (χ1n) is 6.41. The van der Waals surface area contributed by atoms with E-state index < -0.39 is 17.0 Å². The van der Waals surface area contributed by atoms with Gasteiger partial charge in [0.25, 0.3) is 0 Å². The van der Waals surface area contributed by atoms with E-state index in [9.17, 15) is 13.6 Å². The summed E-state index contributed by atoms with van der Waals surface area (Å²) in [6, 6.07) is 3.16. The van der Waals surface area contributed by atoms with E-state index in [1.54, 1.807) is 0 Å². The maximum atomic E-state index is 13.4. The zero-order valence-corrected chi connectivity index (χ0v) is 10.9. The van der Waals surface area contributed by atoms with Crippen LogP contribution in [0.1, 0.15) is 31.7 Å². The highest BCUT2D eigenvalue weighted by molar-refractivity contribution is 5.83. The van der Waals surface area contributed by atoms with Crippen LogP contribution in [0.4, 0.5) is 8.78 Å². The summed E-state index contributed by atoms with van der Waals surface area (Å²) in [7, 11) is 0. The molecule has 0 bridgehead atoms. The molecule has 1 aliphatic rings. The Balaban J connectivity index is 2.00. The van der Waals surface area contributed by atoms with Crippen LogP contribution in [0, 0.1) is 17.0 Å². The van der Waals surface area contributed by atoms with Crippen molar-refractivity contribution in [3.8, 4) is 0 Å². The Bertz CT molecular complexity index is 492. The number of nitrogens with two attached hydrogens (primary N) is 1. The Morgan fingerprint density at radius 2 is 2.26 bits per heavy atom. The minimum absolute atomic E-state index is 0.0489. The zero-order valence-electron chi connectivity index (χ0n) is 10.9. The SMILES string of the molecule is CC1(C(=O)NCc2ccc(F)cc2F)CCCC1N. The molecule has 0 radical (unpaired) electrons. The highest BCUT2D eigenvalue weighted by Crippen LogP contribution is 2.36. The number of halogens is 2. The van der Waals surface area contributed by atoms with Crippen molar-refractivity contribution in [2.24, 2.45) is 11.1 Å². The predicted octanol–water partition coefficient (Wildman–Crippen LogP) is 2.10. The Hall–Kier alpha value is -1.49. The molecule has 0 spiro atoms. The molecule has 0 saturated heterocycles. The number of benzene rings is 1. The highest BCUT2D eigenvalue weighted by atomic mass is 19.1. The molecule has 5 heteroatoms. The lowest BCUT2D eigenvalue weighted by atomic mass is 9.84. The molecule has 0 aliphatic heterocycles. The summed E-state index contributed by atoms with van der Waals surface area (Å²) in [5, 5.41) is 2.69. The van der Waals surface area contributed by atoms with Gasteiger partial charge in [-0.15, -0.1) is 0 Å². The number of nitrogens with one attached hydrogen (secondary N) is 1. The number of hydrogen-bond acceptors (Lipinski definition) is 2. The number of rotatable bonds is 3. The number of hydrogen-bond donors (Lipinski definition) is 2. The van der Waals surface area contributed by atoms with Crippen LogP contribution in [0.2, 0.25) is 0 Å². The van der Waals surface area contributed by atoms with Gasteiger partial charge in [-0.25, -0.2) is 8.78 Å². The van der Waals surface area contributed by atoms with E-state index in [-0.39, 0.29) is 24.1 Å². The standard InChI is InChI=1S/C14H18F2N2O/c1-14(6-2-3-12(14)17)13(19)18-8-9-4-5-10(15)7-11(9)16/h4-5,7,12H,2-3,6,8,17H2,1H3,(H,18,19). The fourth-order valence-corrected chi connectivity index (χ4v) is 2.52. The third-order valence-electron chi connectivity index (χ3n) is 4.00. The lowest BCUT2D eigenvalue weighted by Gasteiger charge is -2.27. The molecule has 2 rings (SSSR count). The molecule has 1 saturated carbocycles. The van der Waals surface area contributed by atoms with E-state index >= 15 is 0 Å². The second-order valence-electron chi connectivity index (χ2n) is 5.33. The van der Waals surface area contributed by atoms with E-state index in [0.717, 1.165) is 25.3 Å². The third kappa shape index (κ3) is 2.76. The lowest BCUT2D eigenvalue weighted by Crippen LogP contribution is -2.47. The van der Waals surface area contributed by atoms with Gasteiger partial charge < -0.3 is 11.1 Å². The number of amides is 1. The monoisotopic (exact) mass is 268 g/mol. The van der Waals surface area contributed by atoms with Gasteiger partial charge in [-0.2, -0.15) is 0 Å². The van der Waals surface area contributed by atoms with Gasteiger partial charge in [0, 0.05) is 24.2 Å². The van der Waals surface area contributed by atoms with Crippen LogP contribution in [0.3, 0.4) is 0 Å². The molecule has 2 atom stereocenters. The molecule has 3 nitrogen and oxygen atoms in total. The molecule has 19 heavy (non-hydrogen) atoms. The first kappa shape index (κ1) is 13.9. The molecule has 0 aromatic heterocycles. The second-order valence-corrected chi connectivity index (χ2v) is 5.33. The van der Waals surface area contributed by atoms with Crippen molar-refractivity contribution < 1.29 is 13.6 Å². The highest BCUT2D eigenvalue weighted by Gasteiger charge is 2.42. The first-order valence-corrected chi connectivity index (χ1v) is 6.41. The van der Waals surface area contributed by atoms with Crippen LogP contribution < -0.4 is 11.1 Å². The second kappa shape index (κ2) is 5.25. The van der Waals surface area contributed by atoms with Crippen molar-refractivity contribution in [3.05, 3.63) is 35.4 Å². The molecule has 3 N–H and O–H groups in total. The number of carbonyl (C=O) groups excluding carboxylic acids is 1. The van der Waals surface area contributed by atoms with Crippen LogP contribution in [-0.2, 0) is 11.3 Å². The average Bonchev–Trinajstić information content (AvgIpc) is 2.69. The molecule has 1 amide bonds. The molecule has 1 fully saturated rings. The summed E-state index contributed by atoms with van der Waals surface area (Å²) in [4.78, 5) is 12.1. The minimum atomic E-state index is -0.652. The van der Waals surface area contributed by atoms with Crippen molar-refractivity contribution in [1.29, 1.82) is 0 Å². The van der Waals surface area contributed by atoms with Gasteiger partial charge in [-0.05, 0) is 25.8 Å². The van der Waals surface area contributed by atoms with E-state index in [0.29, 0.717) is 0 Å². The van der Waals surface area contributed by atoms with Gasteiger partial charge in [-0.1, -0.05) is 12.5 Å². The summed E-state index contributed by atoms with van der Waals surface area (Å²) < 4.78 is 26.2. The van der Waals surface area contributed by atoms with Crippen molar-refractivity contribution >= 4 is 5.91 Å². The van der Waals surface area contributed by atoms with E-state index in [1.807, 2.05) is 6.92 Å². The molecular formula is C14H18F2N2O. The minimum Gasteiger partial charge on any atom is -0.351 e. The van der Waals surface area contributed by atoms with Crippen molar-refractivity contribution in [2.75, 3.05) is 0 Å². The molecule has 1 aromatic carbocycles. The molecule has 2 unspecified atom stereocenters. The van der Waals surface area contributed by atoms with Gasteiger partial charge in [0.05, 0.1) is 5.41 Å². The number of carbonyl (C=O) groups is 1. The quantitative estimate of drug-likeness (QED) is 0.882. The average molecular weight is 268 g/mol. The maximum Gasteiger partial charge on any atom is 0.227 e. The van der Waals surface area contributed by atoms with Crippen LogP contribution in [0.15, 0.2) is 18.2 Å². The summed E-state index contributed by atoms with van der Waals surface area (Å²) >= 11 is 0. The van der Waals surface area contributed by atoms with Crippen LogP contribution >= 0.6 is 0 Å². The molecule has 0 heterocycles. The summed E-state index contributed by atoms with van der Waals surface area (Å²) in [5.74, 6) is -1.44. The van der Waals surface area contributed by atoms with E-state index in [2.05, 4.69) is 5.32 Å². The normalized spacial score (nSPS) is 26.4. The fraction of sp³-hybridized carbons (Fsp3) is 0.500. The fourth-order valence-electron chi connectivity index (χ4n) is 2.52. The summed E-state index contributed by atoms with van der Waals surface area (Å²) in [6.45, 7) is 1.88. The summed E-state index contributed by atoms with van der Waals surface area (Å²) in [5.41, 5.74) is 5.63. The van der Waals surface area contributed by atoms with Crippen LogP contribution in [0.5, 0.6) is 0 Å². The molecule has 1 aromatic rings. The lowest BCUT2D eigenvalue weighted by molar-refractivity contribution is -0.130. The Labute approximate surface area is 111 Å². The Morgan fingerprint density at radius 3 is 2.84 bits per heavy atom. The third-order valence-corrected chi connectivity index (χ3v) is 4.00. The zero-order chi connectivity index (χ0) is 14.0. The van der Waals surface area contributed by atoms with Crippen LogP contribution in [-0.4, -0.2) is 11.9 Å². The van der Waals surface area contributed by atoms with Gasteiger partial charge in [0.2, 0.25) is 5.91 Å². The topological polar surface area (TPSA) is 55.1 Å². The Kier molecular flexibility index (Phi) is 3.85. The van der Waals surface area contributed by atoms with Gasteiger partial charge in [-0.3, -0.25) is 4.79 Å². The maximum absolute atomic E-state index is 13.4. The van der Waals surface area contributed by atoms with Crippen LogP contribution in [0.25, 0.3) is 0 Å². The van der Waals surface area contributed by atoms with Crippen molar-refractivity contribution in [3.63, 3.8) is 0 Å². The van der Waals surface area contributed by atoms with Gasteiger partial charge in [0.15, 0.2) is 0 Å². The summed E-state index contributed by atoms with van der Waals surface area (Å²) in [6.07, 6.45) is 2.50. The van der Waals surface area contributed by atoms with Crippen molar-refractivity contribution in [1.82, 2.24) is 5.32 Å². The van der Waals surface area contributed by atoms with E-state index in [1.165, 1.54) is 12.1 Å². The Morgan fingerprint density at radius 1 is 1.53 bits per heavy atom. The predicted molar refractivity (Wildman–Crippen MR) is 68.1 cm³/mol. The van der Waals surface area contributed by atoms with E-state index in [4.69, 9.17) is 5.73 Å². The smallest absolute Gasteiger partial charge is 0.227 e. The molecule has 1 aliphatic carbocycles.